The Morgan fingerprint density at radius 3 is 2.64 bits per heavy atom. The number of hydrogen-bond acceptors (Lipinski definition) is 4. The molecule has 22 heavy (non-hydrogen) atoms. The number of likely N-dealkylation sites (tertiary alicyclic amines) is 1. The molecule has 0 aliphatic carbocycles. The fourth-order valence-electron chi connectivity index (χ4n) is 2.74. The first kappa shape index (κ1) is 18.4. The van der Waals surface area contributed by atoms with Gasteiger partial charge < -0.3 is 10.6 Å². The van der Waals surface area contributed by atoms with Gasteiger partial charge in [-0.05, 0) is 31.2 Å². The van der Waals surface area contributed by atoms with Gasteiger partial charge in [-0.3, -0.25) is 14.9 Å². The molecule has 1 unspecified atom stereocenters. The number of piperidine rings is 1. The van der Waals surface area contributed by atoms with Gasteiger partial charge in [0.15, 0.2) is 0 Å². The number of nitrogens with zero attached hydrogens (tertiary/aromatic N) is 2. The van der Waals surface area contributed by atoms with Gasteiger partial charge in [0.05, 0.1) is 11.3 Å². The van der Waals surface area contributed by atoms with Gasteiger partial charge in [0.2, 0.25) is 5.91 Å². The maximum absolute atomic E-state index is 12.3. The topological polar surface area (TPSA) is 89.5 Å². The smallest absolute Gasteiger partial charge is 0.269 e. The number of nitrogens with two attached hydrogens (primary N) is 1. The summed E-state index contributed by atoms with van der Waals surface area (Å²) in [7, 11) is 0. The third-order valence-electron chi connectivity index (χ3n) is 4.11. The van der Waals surface area contributed by atoms with Crippen LogP contribution in [0.3, 0.4) is 0 Å². The van der Waals surface area contributed by atoms with E-state index in [9.17, 15) is 14.9 Å². The van der Waals surface area contributed by atoms with E-state index in [1.807, 2.05) is 11.8 Å². The van der Waals surface area contributed by atoms with Crippen molar-refractivity contribution >= 4 is 24.0 Å². The Bertz CT molecular complexity index is 529. The van der Waals surface area contributed by atoms with E-state index < -0.39 is 4.92 Å². The van der Waals surface area contributed by atoms with Crippen molar-refractivity contribution in [1.82, 2.24) is 4.90 Å². The number of nitro benzene ring substituents is 1. The molecule has 1 aliphatic heterocycles. The first-order chi connectivity index (χ1) is 9.97. The van der Waals surface area contributed by atoms with E-state index in [2.05, 4.69) is 0 Å². The zero-order chi connectivity index (χ0) is 15.4. The standard InChI is InChI=1S/C15H21N3O3.ClH/c1-11(16)13-5-7-17(8-6-13)15(19)10-12-3-2-4-14(9-12)18(20)21;/h2-4,9,11,13H,5-8,10,16H2,1H3;1H. The molecule has 1 aromatic rings. The van der Waals surface area contributed by atoms with Crippen molar-refractivity contribution in [2.75, 3.05) is 13.1 Å². The molecule has 1 atom stereocenters. The van der Waals surface area contributed by atoms with Gasteiger partial charge in [0.1, 0.15) is 0 Å². The molecule has 0 spiro atoms. The van der Waals surface area contributed by atoms with Crippen LogP contribution in [0.15, 0.2) is 24.3 Å². The molecule has 2 rings (SSSR count). The summed E-state index contributed by atoms with van der Waals surface area (Å²) in [6.45, 7) is 3.45. The van der Waals surface area contributed by atoms with Crippen molar-refractivity contribution < 1.29 is 9.72 Å². The van der Waals surface area contributed by atoms with Gasteiger partial charge in [-0.1, -0.05) is 12.1 Å². The molecule has 0 bridgehead atoms. The highest BCUT2D eigenvalue weighted by Gasteiger charge is 2.24. The van der Waals surface area contributed by atoms with E-state index in [0.717, 1.165) is 25.9 Å². The van der Waals surface area contributed by atoms with Crippen LogP contribution in [0.4, 0.5) is 5.69 Å². The fourth-order valence-corrected chi connectivity index (χ4v) is 2.74. The monoisotopic (exact) mass is 327 g/mol. The van der Waals surface area contributed by atoms with Crippen molar-refractivity contribution in [2.45, 2.75) is 32.2 Å². The van der Waals surface area contributed by atoms with Crippen LogP contribution in [-0.2, 0) is 11.2 Å². The highest BCUT2D eigenvalue weighted by Crippen LogP contribution is 2.21. The SMILES string of the molecule is CC(N)C1CCN(C(=O)Cc2cccc([N+](=O)[O-])c2)CC1.Cl. The Morgan fingerprint density at radius 2 is 2.09 bits per heavy atom. The third kappa shape index (κ3) is 4.68. The molecule has 7 heteroatoms. The maximum atomic E-state index is 12.3. The van der Waals surface area contributed by atoms with E-state index in [-0.39, 0.29) is 36.5 Å². The summed E-state index contributed by atoms with van der Waals surface area (Å²) in [6, 6.07) is 6.43. The summed E-state index contributed by atoms with van der Waals surface area (Å²) in [4.78, 5) is 24.4. The molecule has 0 aromatic heterocycles. The summed E-state index contributed by atoms with van der Waals surface area (Å²) < 4.78 is 0. The Balaban J connectivity index is 0.00000242. The number of carbonyl (C=O) groups is 1. The number of non-ortho nitro benzene ring substituents is 1. The average molecular weight is 328 g/mol. The molecule has 1 heterocycles. The van der Waals surface area contributed by atoms with Crippen LogP contribution in [0, 0.1) is 16.0 Å². The second-order valence-corrected chi connectivity index (χ2v) is 5.68. The Hall–Kier alpha value is -1.66. The highest BCUT2D eigenvalue weighted by molar-refractivity contribution is 5.85. The molecule has 1 aliphatic rings. The second-order valence-electron chi connectivity index (χ2n) is 5.68. The number of nitro groups is 1. The van der Waals surface area contributed by atoms with Gasteiger partial charge in [0.25, 0.3) is 5.69 Å². The van der Waals surface area contributed by atoms with Gasteiger partial charge in [0, 0.05) is 31.3 Å². The summed E-state index contributed by atoms with van der Waals surface area (Å²) in [5.74, 6) is 0.505. The number of amides is 1. The van der Waals surface area contributed by atoms with Crippen LogP contribution < -0.4 is 5.73 Å². The van der Waals surface area contributed by atoms with Crippen LogP contribution in [-0.4, -0.2) is 34.9 Å². The van der Waals surface area contributed by atoms with E-state index in [1.54, 1.807) is 12.1 Å². The number of carbonyl (C=O) groups excluding carboxylic acids is 1. The van der Waals surface area contributed by atoms with Crippen LogP contribution in [0.2, 0.25) is 0 Å². The van der Waals surface area contributed by atoms with Gasteiger partial charge >= 0.3 is 0 Å². The van der Waals surface area contributed by atoms with E-state index in [0.29, 0.717) is 11.5 Å². The predicted octanol–water partition coefficient (Wildman–Crippen LogP) is 2.14. The average Bonchev–Trinajstić information content (AvgIpc) is 2.47. The van der Waals surface area contributed by atoms with Gasteiger partial charge in [-0.2, -0.15) is 0 Å². The summed E-state index contributed by atoms with van der Waals surface area (Å²) in [5.41, 5.74) is 6.60. The number of benzene rings is 1. The quantitative estimate of drug-likeness (QED) is 0.677. The van der Waals surface area contributed by atoms with E-state index >= 15 is 0 Å². The van der Waals surface area contributed by atoms with Crippen LogP contribution in [0.25, 0.3) is 0 Å². The zero-order valence-corrected chi connectivity index (χ0v) is 13.4. The van der Waals surface area contributed by atoms with E-state index in [4.69, 9.17) is 5.73 Å². The first-order valence-corrected chi connectivity index (χ1v) is 7.24. The summed E-state index contributed by atoms with van der Waals surface area (Å²) in [5, 5.41) is 10.7. The van der Waals surface area contributed by atoms with Crippen LogP contribution in [0.5, 0.6) is 0 Å². The highest BCUT2D eigenvalue weighted by atomic mass is 35.5. The lowest BCUT2D eigenvalue weighted by atomic mass is 9.91. The van der Waals surface area contributed by atoms with Gasteiger partial charge in [-0.25, -0.2) is 0 Å². The molecule has 0 radical (unpaired) electrons. The first-order valence-electron chi connectivity index (χ1n) is 7.24. The number of rotatable bonds is 4. The minimum atomic E-state index is -0.442. The van der Waals surface area contributed by atoms with Gasteiger partial charge in [-0.15, -0.1) is 12.4 Å². The van der Waals surface area contributed by atoms with Crippen LogP contribution >= 0.6 is 12.4 Å². The molecule has 1 saturated heterocycles. The number of halogens is 1. The number of hydrogen-bond donors (Lipinski definition) is 1. The molecule has 1 amide bonds. The lowest BCUT2D eigenvalue weighted by Crippen LogP contribution is -2.43. The van der Waals surface area contributed by atoms with Crippen molar-refractivity contribution in [3.63, 3.8) is 0 Å². The minimum absolute atomic E-state index is 0. The molecule has 1 aromatic carbocycles. The lowest BCUT2D eigenvalue weighted by Gasteiger charge is -2.33. The Labute approximate surface area is 136 Å². The maximum Gasteiger partial charge on any atom is 0.269 e. The molecule has 0 saturated carbocycles. The summed E-state index contributed by atoms with van der Waals surface area (Å²) in [6.07, 6.45) is 2.07. The van der Waals surface area contributed by atoms with Crippen molar-refractivity contribution in [3.8, 4) is 0 Å². The predicted molar refractivity (Wildman–Crippen MR) is 87.0 cm³/mol. The zero-order valence-electron chi connectivity index (χ0n) is 12.6. The second kappa shape index (κ2) is 8.10. The molecular weight excluding hydrogens is 306 g/mol. The molecule has 122 valence electrons. The molecule has 6 nitrogen and oxygen atoms in total. The molecule has 1 fully saturated rings. The third-order valence-corrected chi connectivity index (χ3v) is 4.11. The van der Waals surface area contributed by atoms with Crippen molar-refractivity contribution in [3.05, 3.63) is 39.9 Å². The molecule has 2 N–H and O–H groups in total. The Morgan fingerprint density at radius 1 is 1.45 bits per heavy atom. The summed E-state index contributed by atoms with van der Waals surface area (Å²) >= 11 is 0. The largest absolute Gasteiger partial charge is 0.342 e. The normalized spacial score (nSPS) is 16.7. The molecular formula is C15H22ClN3O3. The van der Waals surface area contributed by atoms with Crippen molar-refractivity contribution in [1.29, 1.82) is 0 Å². The fraction of sp³-hybridized carbons (Fsp3) is 0.533. The van der Waals surface area contributed by atoms with Crippen LogP contribution in [0.1, 0.15) is 25.3 Å². The Kier molecular flexibility index (Phi) is 6.77. The van der Waals surface area contributed by atoms with Crippen molar-refractivity contribution in [2.24, 2.45) is 11.7 Å². The lowest BCUT2D eigenvalue weighted by molar-refractivity contribution is -0.384. The minimum Gasteiger partial charge on any atom is -0.342 e. The van der Waals surface area contributed by atoms with E-state index in [1.165, 1.54) is 12.1 Å².